The van der Waals surface area contributed by atoms with Gasteiger partial charge in [0, 0.05) is 5.92 Å². The summed E-state index contributed by atoms with van der Waals surface area (Å²) in [6.45, 7) is 11.5. The van der Waals surface area contributed by atoms with Gasteiger partial charge in [0.2, 0.25) is 0 Å². The summed E-state index contributed by atoms with van der Waals surface area (Å²) in [6.07, 6.45) is 6.78. The molecule has 0 rings (SSSR count). The van der Waals surface area contributed by atoms with Crippen molar-refractivity contribution in [1.29, 1.82) is 0 Å². The summed E-state index contributed by atoms with van der Waals surface area (Å²) in [5, 5.41) is 0. The molecule has 13 heavy (non-hydrogen) atoms. The maximum Gasteiger partial charge on any atom is 0.137 e. The van der Waals surface area contributed by atoms with Crippen LogP contribution in [0.3, 0.4) is 0 Å². The molecular weight excluding hydrogens is 160 g/mol. The Hall–Kier alpha value is -0.850. The highest BCUT2D eigenvalue weighted by atomic mass is 16.1. The zero-order valence-corrected chi connectivity index (χ0v) is 9.13. The summed E-state index contributed by atoms with van der Waals surface area (Å²) in [7, 11) is 0. The number of Topliss-reactive ketones (excluding diaryl/α,β-unsaturated/α-hetero) is 1. The van der Waals surface area contributed by atoms with E-state index >= 15 is 0 Å². The maximum absolute atomic E-state index is 11.3. The molecule has 0 bridgehead atoms. The van der Waals surface area contributed by atoms with Gasteiger partial charge in [-0.1, -0.05) is 32.1 Å². The van der Waals surface area contributed by atoms with Crippen LogP contribution in [0.2, 0.25) is 0 Å². The van der Waals surface area contributed by atoms with Gasteiger partial charge in [-0.3, -0.25) is 4.79 Å². The van der Waals surface area contributed by atoms with E-state index in [1.807, 2.05) is 13.0 Å². The lowest BCUT2D eigenvalue weighted by Gasteiger charge is -2.29. The number of allylic oxidation sites excluding steroid dienone is 3. The Labute approximate surface area is 81.5 Å². The van der Waals surface area contributed by atoms with E-state index in [0.717, 1.165) is 6.42 Å². The minimum Gasteiger partial charge on any atom is -0.299 e. The minimum atomic E-state index is -0.0382. The van der Waals surface area contributed by atoms with Crippen molar-refractivity contribution in [3.8, 4) is 0 Å². The molecule has 0 aromatic heterocycles. The quantitative estimate of drug-likeness (QED) is 0.593. The summed E-state index contributed by atoms with van der Waals surface area (Å²) in [6, 6.07) is 0. The Morgan fingerprint density at radius 3 is 2.38 bits per heavy atom. The first kappa shape index (κ1) is 12.2. The third-order valence-corrected chi connectivity index (χ3v) is 2.40. The van der Waals surface area contributed by atoms with Crippen LogP contribution < -0.4 is 0 Å². The number of carbonyl (C=O) groups excluding carboxylic acids is 1. The van der Waals surface area contributed by atoms with E-state index in [1.165, 1.54) is 0 Å². The Kier molecular flexibility index (Phi) is 4.68. The minimum absolute atomic E-state index is 0.0138. The summed E-state index contributed by atoms with van der Waals surface area (Å²) in [5.41, 5.74) is -0.0138. The molecule has 0 saturated carbocycles. The van der Waals surface area contributed by atoms with Gasteiger partial charge in [-0.15, -0.1) is 6.58 Å². The van der Waals surface area contributed by atoms with Crippen LogP contribution >= 0.6 is 0 Å². The molecule has 0 aliphatic rings. The average molecular weight is 180 g/mol. The van der Waals surface area contributed by atoms with E-state index in [2.05, 4.69) is 26.5 Å². The van der Waals surface area contributed by atoms with Gasteiger partial charge in [0.1, 0.15) is 5.78 Å². The van der Waals surface area contributed by atoms with Crippen LogP contribution in [0.5, 0.6) is 0 Å². The molecule has 0 radical (unpaired) electrons. The molecular formula is C12H20O. The fraction of sp³-hybridized carbons (Fsp3) is 0.583. The zero-order valence-electron chi connectivity index (χ0n) is 9.13. The predicted molar refractivity (Wildman–Crippen MR) is 57.6 cm³/mol. The third-order valence-electron chi connectivity index (χ3n) is 2.40. The first-order valence-corrected chi connectivity index (χ1v) is 4.70. The molecule has 0 aromatic carbocycles. The van der Waals surface area contributed by atoms with Crippen molar-refractivity contribution in [3.63, 3.8) is 0 Å². The number of ketones is 1. The highest BCUT2D eigenvalue weighted by Crippen LogP contribution is 2.32. The molecule has 0 aliphatic heterocycles. The van der Waals surface area contributed by atoms with Crippen molar-refractivity contribution in [2.24, 2.45) is 11.3 Å². The van der Waals surface area contributed by atoms with E-state index < -0.39 is 0 Å². The van der Waals surface area contributed by atoms with Crippen molar-refractivity contribution in [2.75, 3.05) is 0 Å². The maximum atomic E-state index is 11.3. The van der Waals surface area contributed by atoms with Crippen LogP contribution in [0.4, 0.5) is 0 Å². The van der Waals surface area contributed by atoms with E-state index in [4.69, 9.17) is 0 Å². The van der Waals surface area contributed by atoms with Gasteiger partial charge in [0.15, 0.2) is 0 Å². The molecule has 1 unspecified atom stereocenters. The molecule has 1 nitrogen and oxygen atoms in total. The van der Waals surface area contributed by atoms with Gasteiger partial charge in [0.25, 0.3) is 0 Å². The van der Waals surface area contributed by atoms with E-state index in [1.54, 1.807) is 13.0 Å². The molecule has 0 fully saturated rings. The fourth-order valence-electron chi connectivity index (χ4n) is 1.58. The second-order valence-electron chi connectivity index (χ2n) is 4.09. The summed E-state index contributed by atoms with van der Waals surface area (Å²) >= 11 is 0. The smallest absolute Gasteiger partial charge is 0.137 e. The van der Waals surface area contributed by atoms with Crippen LogP contribution in [-0.4, -0.2) is 5.78 Å². The summed E-state index contributed by atoms with van der Waals surface area (Å²) in [5.74, 6) is 0.160. The lowest BCUT2D eigenvalue weighted by molar-refractivity contribution is -0.122. The average Bonchev–Trinajstić information content (AvgIpc) is 2.01. The normalized spacial score (nSPS) is 14.5. The molecule has 0 spiro atoms. The third kappa shape index (κ3) is 3.58. The van der Waals surface area contributed by atoms with E-state index in [-0.39, 0.29) is 17.1 Å². The van der Waals surface area contributed by atoms with Crippen molar-refractivity contribution in [3.05, 3.63) is 24.8 Å². The Morgan fingerprint density at radius 2 is 2.08 bits per heavy atom. The van der Waals surface area contributed by atoms with E-state index in [9.17, 15) is 4.79 Å². The number of rotatable bonds is 5. The Balaban J connectivity index is 4.55. The molecule has 1 heteroatoms. The second kappa shape index (κ2) is 5.00. The monoisotopic (exact) mass is 180 g/mol. The van der Waals surface area contributed by atoms with Gasteiger partial charge < -0.3 is 0 Å². The molecule has 1 atom stereocenters. The number of carbonyl (C=O) groups is 1. The summed E-state index contributed by atoms with van der Waals surface area (Å²) < 4.78 is 0. The molecule has 0 heterocycles. The molecule has 0 saturated heterocycles. The lowest BCUT2D eigenvalue weighted by atomic mass is 9.74. The molecule has 0 aliphatic carbocycles. The molecule has 0 aromatic rings. The van der Waals surface area contributed by atoms with Gasteiger partial charge in [-0.25, -0.2) is 0 Å². The Bertz CT molecular complexity index is 211. The molecule has 0 amide bonds. The lowest BCUT2D eigenvalue weighted by Crippen LogP contribution is -2.27. The van der Waals surface area contributed by atoms with Crippen LogP contribution in [0.15, 0.2) is 24.8 Å². The van der Waals surface area contributed by atoms with E-state index in [0.29, 0.717) is 0 Å². The largest absolute Gasteiger partial charge is 0.299 e. The van der Waals surface area contributed by atoms with Crippen molar-refractivity contribution in [1.82, 2.24) is 0 Å². The van der Waals surface area contributed by atoms with Crippen molar-refractivity contribution >= 4 is 5.78 Å². The van der Waals surface area contributed by atoms with Gasteiger partial charge in [-0.2, -0.15) is 0 Å². The fourth-order valence-corrected chi connectivity index (χ4v) is 1.58. The highest BCUT2D eigenvalue weighted by Gasteiger charge is 2.29. The molecule has 74 valence electrons. The van der Waals surface area contributed by atoms with Crippen LogP contribution in [0.25, 0.3) is 0 Å². The molecule has 0 N–H and O–H groups in total. The summed E-state index contributed by atoms with van der Waals surface area (Å²) in [4.78, 5) is 11.3. The zero-order chi connectivity index (χ0) is 10.5. The second-order valence-corrected chi connectivity index (χ2v) is 4.09. The predicted octanol–water partition coefficient (Wildman–Crippen LogP) is 3.37. The first-order valence-electron chi connectivity index (χ1n) is 4.70. The van der Waals surface area contributed by atoms with Crippen molar-refractivity contribution < 1.29 is 4.79 Å². The highest BCUT2D eigenvalue weighted by molar-refractivity contribution is 5.80. The number of hydrogen-bond acceptors (Lipinski definition) is 1. The van der Waals surface area contributed by atoms with Gasteiger partial charge >= 0.3 is 0 Å². The number of hydrogen-bond donors (Lipinski definition) is 0. The van der Waals surface area contributed by atoms with Crippen LogP contribution in [0, 0.1) is 11.3 Å². The van der Waals surface area contributed by atoms with Crippen LogP contribution in [-0.2, 0) is 4.79 Å². The SMILES string of the molecule is C=CC(C(C)=O)C(C)(C)C/C=C/C. The van der Waals surface area contributed by atoms with Crippen LogP contribution in [0.1, 0.15) is 34.1 Å². The topological polar surface area (TPSA) is 17.1 Å². The van der Waals surface area contributed by atoms with Crippen molar-refractivity contribution in [2.45, 2.75) is 34.1 Å². The van der Waals surface area contributed by atoms with Gasteiger partial charge in [0.05, 0.1) is 0 Å². The Morgan fingerprint density at radius 1 is 1.54 bits per heavy atom. The van der Waals surface area contributed by atoms with Gasteiger partial charge in [-0.05, 0) is 25.7 Å². The standard InChI is InChI=1S/C12H20O/c1-6-8-9-12(4,5)11(7-2)10(3)13/h6-8,11H,2,9H2,1,3-5H3/b8-6+. The first-order chi connectivity index (χ1) is 5.95.